The maximum Gasteiger partial charge on any atom is 0.0386 e. The van der Waals surface area contributed by atoms with Crippen LogP contribution < -0.4 is 5.32 Å². The van der Waals surface area contributed by atoms with E-state index in [1.165, 1.54) is 16.7 Å². The Morgan fingerprint density at radius 1 is 0.950 bits per heavy atom. The van der Waals surface area contributed by atoms with E-state index in [0.717, 1.165) is 13.0 Å². The van der Waals surface area contributed by atoms with Crippen molar-refractivity contribution in [2.24, 2.45) is 0 Å². The quantitative estimate of drug-likeness (QED) is 0.853. The van der Waals surface area contributed by atoms with E-state index in [2.05, 4.69) is 67.5 Å². The van der Waals surface area contributed by atoms with Crippen molar-refractivity contribution >= 4 is 0 Å². The smallest absolute Gasteiger partial charge is 0.0386 e. The van der Waals surface area contributed by atoms with Crippen molar-refractivity contribution in [1.29, 1.82) is 0 Å². The summed E-state index contributed by atoms with van der Waals surface area (Å²) in [4.78, 5) is 4.11. The minimum Gasteiger partial charge on any atom is -0.310 e. The van der Waals surface area contributed by atoms with Gasteiger partial charge in [-0.05, 0) is 41.8 Å². The van der Waals surface area contributed by atoms with Crippen LogP contribution in [-0.2, 0) is 6.42 Å². The first-order valence-corrected chi connectivity index (χ1v) is 7.48. The van der Waals surface area contributed by atoms with Gasteiger partial charge in [-0.25, -0.2) is 0 Å². The molecule has 1 N–H and O–H groups in total. The van der Waals surface area contributed by atoms with Gasteiger partial charge in [0.15, 0.2) is 0 Å². The van der Waals surface area contributed by atoms with Gasteiger partial charge in [-0.3, -0.25) is 4.98 Å². The Balaban J connectivity index is 2.25. The molecule has 1 heterocycles. The van der Waals surface area contributed by atoms with Crippen LogP contribution in [-0.4, -0.2) is 11.5 Å². The average molecular weight is 268 g/mol. The number of nitrogens with zero attached hydrogens (tertiary/aromatic N) is 1. The van der Waals surface area contributed by atoms with E-state index in [1.807, 2.05) is 12.4 Å². The van der Waals surface area contributed by atoms with Crippen molar-refractivity contribution in [3.63, 3.8) is 0 Å². The molecule has 0 fully saturated rings. The van der Waals surface area contributed by atoms with Gasteiger partial charge >= 0.3 is 0 Å². The summed E-state index contributed by atoms with van der Waals surface area (Å²) in [6.45, 7) is 7.59. The van der Waals surface area contributed by atoms with Crippen LogP contribution in [0.2, 0.25) is 0 Å². The zero-order chi connectivity index (χ0) is 14.4. The fourth-order valence-corrected chi connectivity index (χ4v) is 2.62. The lowest BCUT2D eigenvalue weighted by atomic mass is 9.88. The van der Waals surface area contributed by atoms with Crippen LogP contribution in [0.4, 0.5) is 0 Å². The van der Waals surface area contributed by atoms with Gasteiger partial charge in [-0.2, -0.15) is 0 Å². The number of nitrogens with one attached hydrogen (secondary N) is 1. The van der Waals surface area contributed by atoms with E-state index in [4.69, 9.17) is 0 Å². The van der Waals surface area contributed by atoms with Crippen molar-refractivity contribution in [2.75, 3.05) is 6.54 Å². The van der Waals surface area contributed by atoms with Crippen molar-refractivity contribution in [2.45, 2.75) is 39.2 Å². The number of likely N-dealkylation sites (N-methyl/N-ethyl adjacent to an activating group) is 1. The van der Waals surface area contributed by atoms with E-state index in [-0.39, 0.29) is 0 Å². The molecule has 2 heteroatoms. The lowest BCUT2D eigenvalue weighted by Gasteiger charge is -2.26. The predicted molar refractivity (Wildman–Crippen MR) is 84.9 cm³/mol. The molecule has 2 aromatic rings. The van der Waals surface area contributed by atoms with Crippen molar-refractivity contribution in [1.82, 2.24) is 10.3 Å². The molecule has 0 aliphatic carbocycles. The molecule has 2 unspecified atom stereocenters. The van der Waals surface area contributed by atoms with Crippen LogP contribution >= 0.6 is 0 Å². The summed E-state index contributed by atoms with van der Waals surface area (Å²) in [6, 6.07) is 13.5. The molecule has 1 aromatic carbocycles. The summed E-state index contributed by atoms with van der Waals surface area (Å²) < 4.78 is 0. The van der Waals surface area contributed by atoms with Gasteiger partial charge in [0.05, 0.1) is 0 Å². The first-order valence-electron chi connectivity index (χ1n) is 7.48. The number of hydrogen-bond acceptors (Lipinski definition) is 2. The van der Waals surface area contributed by atoms with Crippen LogP contribution in [0, 0.1) is 0 Å². The molecule has 0 aliphatic rings. The van der Waals surface area contributed by atoms with Gasteiger partial charge in [-0.1, -0.05) is 45.0 Å². The topological polar surface area (TPSA) is 24.9 Å². The number of benzene rings is 1. The zero-order valence-electron chi connectivity index (χ0n) is 12.6. The molecule has 0 aliphatic heterocycles. The number of aryl methyl sites for hydroxylation is 1. The summed E-state index contributed by atoms with van der Waals surface area (Å²) in [5.41, 5.74) is 4.07. The molecule has 2 nitrogen and oxygen atoms in total. The molecule has 0 bridgehead atoms. The van der Waals surface area contributed by atoms with E-state index in [1.54, 1.807) is 0 Å². The fourth-order valence-electron chi connectivity index (χ4n) is 2.62. The molecule has 2 rings (SSSR count). The van der Waals surface area contributed by atoms with Crippen LogP contribution in [0.25, 0.3) is 0 Å². The Morgan fingerprint density at radius 3 is 2.15 bits per heavy atom. The minimum atomic E-state index is 0.341. The van der Waals surface area contributed by atoms with Crippen molar-refractivity contribution in [3.8, 4) is 0 Å². The maximum absolute atomic E-state index is 4.11. The summed E-state index contributed by atoms with van der Waals surface area (Å²) >= 11 is 0. The normalized spacial score (nSPS) is 13.9. The Bertz CT molecular complexity index is 505. The number of rotatable bonds is 6. The maximum atomic E-state index is 4.11. The van der Waals surface area contributed by atoms with Crippen molar-refractivity contribution < 1.29 is 0 Å². The lowest BCUT2D eigenvalue weighted by Crippen LogP contribution is -2.25. The summed E-state index contributed by atoms with van der Waals surface area (Å²) in [5, 5.41) is 3.61. The molecule has 0 saturated carbocycles. The minimum absolute atomic E-state index is 0.341. The first-order chi connectivity index (χ1) is 9.76. The Hall–Kier alpha value is -1.67. The van der Waals surface area contributed by atoms with E-state index in [0.29, 0.717) is 12.0 Å². The second-order valence-electron chi connectivity index (χ2n) is 5.20. The molecular formula is C18H24N2. The molecule has 0 saturated heterocycles. The summed E-state index contributed by atoms with van der Waals surface area (Å²) in [5.74, 6) is 0.422. The summed E-state index contributed by atoms with van der Waals surface area (Å²) in [6.07, 6.45) is 4.83. The molecule has 0 radical (unpaired) electrons. The van der Waals surface area contributed by atoms with Crippen LogP contribution in [0.5, 0.6) is 0 Å². The highest BCUT2D eigenvalue weighted by Gasteiger charge is 2.19. The first kappa shape index (κ1) is 14.7. The lowest BCUT2D eigenvalue weighted by molar-refractivity contribution is 0.479. The van der Waals surface area contributed by atoms with Gasteiger partial charge in [-0.15, -0.1) is 0 Å². The standard InChI is InChI=1S/C18H24N2/c1-4-15-6-8-17(9-7-15)18(20-5-2)14(3)16-10-12-19-13-11-16/h6-14,18,20H,4-5H2,1-3H3. The van der Waals surface area contributed by atoms with E-state index in [9.17, 15) is 0 Å². The fraction of sp³-hybridized carbons (Fsp3) is 0.389. The van der Waals surface area contributed by atoms with Gasteiger partial charge < -0.3 is 5.32 Å². The van der Waals surface area contributed by atoms with Crippen molar-refractivity contribution in [3.05, 3.63) is 65.5 Å². The Labute approximate surface area is 122 Å². The third-order valence-corrected chi connectivity index (χ3v) is 3.90. The number of aromatic nitrogens is 1. The van der Waals surface area contributed by atoms with Crippen LogP contribution in [0.1, 0.15) is 49.4 Å². The average Bonchev–Trinajstić information content (AvgIpc) is 2.53. The second kappa shape index (κ2) is 7.20. The third kappa shape index (κ3) is 3.45. The van der Waals surface area contributed by atoms with Gasteiger partial charge in [0, 0.05) is 24.4 Å². The van der Waals surface area contributed by atoms with Gasteiger partial charge in [0.25, 0.3) is 0 Å². The largest absolute Gasteiger partial charge is 0.310 e. The highest BCUT2D eigenvalue weighted by molar-refractivity contribution is 5.29. The van der Waals surface area contributed by atoms with Gasteiger partial charge in [0.1, 0.15) is 0 Å². The number of hydrogen-bond donors (Lipinski definition) is 1. The van der Waals surface area contributed by atoms with Crippen LogP contribution in [0.15, 0.2) is 48.8 Å². The predicted octanol–water partition coefficient (Wildman–Crippen LogP) is 4.10. The van der Waals surface area contributed by atoms with E-state index < -0.39 is 0 Å². The number of pyridine rings is 1. The SMILES string of the molecule is CCNC(c1ccc(CC)cc1)C(C)c1ccncc1. The van der Waals surface area contributed by atoms with Crippen LogP contribution in [0.3, 0.4) is 0 Å². The van der Waals surface area contributed by atoms with E-state index >= 15 is 0 Å². The second-order valence-corrected chi connectivity index (χ2v) is 5.20. The molecule has 2 atom stereocenters. The molecule has 20 heavy (non-hydrogen) atoms. The third-order valence-electron chi connectivity index (χ3n) is 3.90. The molecule has 1 aromatic heterocycles. The zero-order valence-corrected chi connectivity index (χ0v) is 12.6. The van der Waals surface area contributed by atoms with Gasteiger partial charge in [0.2, 0.25) is 0 Å². The molecule has 106 valence electrons. The summed E-state index contributed by atoms with van der Waals surface area (Å²) in [7, 11) is 0. The highest BCUT2D eigenvalue weighted by Crippen LogP contribution is 2.30. The molecule has 0 spiro atoms. The highest BCUT2D eigenvalue weighted by atomic mass is 14.9. The molecular weight excluding hydrogens is 244 g/mol. The molecule has 0 amide bonds. The Kier molecular flexibility index (Phi) is 5.31. The Morgan fingerprint density at radius 2 is 1.60 bits per heavy atom. The monoisotopic (exact) mass is 268 g/mol.